The topological polar surface area (TPSA) is 44.8 Å². The van der Waals surface area contributed by atoms with E-state index in [1.54, 1.807) is 6.07 Å². The van der Waals surface area contributed by atoms with Crippen molar-refractivity contribution in [2.45, 2.75) is 18.5 Å². The van der Waals surface area contributed by atoms with Gasteiger partial charge in [0.1, 0.15) is 6.10 Å². The molecular weight excluding hydrogens is 304 g/mol. The molecule has 0 amide bonds. The minimum absolute atomic E-state index is 0.483. The predicted molar refractivity (Wildman–Crippen MR) is 81.4 cm³/mol. The summed E-state index contributed by atoms with van der Waals surface area (Å²) in [6, 6.07) is 16.7. The molecule has 114 valence electrons. The van der Waals surface area contributed by atoms with Gasteiger partial charge in [-0.3, -0.25) is 0 Å². The third-order valence-corrected chi connectivity index (χ3v) is 3.88. The Balaban J connectivity index is 1.93. The molecule has 2 aromatic carbocycles. The highest BCUT2D eigenvalue weighted by atomic mass is 35.5. The lowest BCUT2D eigenvalue weighted by molar-refractivity contribution is -0.154. The number of ether oxygens (including phenoxy) is 3. The van der Waals surface area contributed by atoms with Crippen LogP contribution < -0.4 is 0 Å². The first kappa shape index (κ1) is 15.0. The second kappa shape index (κ2) is 6.48. The van der Waals surface area contributed by atoms with Crippen LogP contribution in [0.4, 0.5) is 0 Å². The average molecular weight is 319 g/mol. The Labute approximate surface area is 133 Å². The van der Waals surface area contributed by atoms with Crippen molar-refractivity contribution in [2.75, 3.05) is 7.11 Å². The van der Waals surface area contributed by atoms with Gasteiger partial charge in [-0.2, -0.15) is 0 Å². The minimum atomic E-state index is -0.852. The number of halogens is 1. The Morgan fingerprint density at radius 2 is 1.73 bits per heavy atom. The Kier molecular flexibility index (Phi) is 4.43. The van der Waals surface area contributed by atoms with Gasteiger partial charge < -0.3 is 14.2 Å². The van der Waals surface area contributed by atoms with E-state index in [9.17, 15) is 4.79 Å². The molecule has 1 fully saturated rings. The highest BCUT2D eigenvalue weighted by molar-refractivity contribution is 6.31. The van der Waals surface area contributed by atoms with Gasteiger partial charge in [0.2, 0.25) is 0 Å². The first-order valence-electron chi connectivity index (χ1n) is 6.89. The summed E-state index contributed by atoms with van der Waals surface area (Å²) in [5, 5.41) is 0.527. The summed E-state index contributed by atoms with van der Waals surface area (Å²) in [6.45, 7) is 0. The number of hydrogen-bond acceptors (Lipinski definition) is 4. The molecule has 1 saturated heterocycles. The highest BCUT2D eigenvalue weighted by Crippen LogP contribution is 2.42. The van der Waals surface area contributed by atoms with Crippen LogP contribution >= 0.6 is 11.6 Å². The van der Waals surface area contributed by atoms with E-state index in [-0.39, 0.29) is 0 Å². The van der Waals surface area contributed by atoms with E-state index in [0.29, 0.717) is 10.6 Å². The average Bonchev–Trinajstić information content (AvgIpc) is 3.00. The van der Waals surface area contributed by atoms with Crippen LogP contribution in [0.2, 0.25) is 5.02 Å². The summed E-state index contributed by atoms with van der Waals surface area (Å²) < 4.78 is 16.5. The van der Waals surface area contributed by atoms with Gasteiger partial charge in [0, 0.05) is 16.1 Å². The first-order valence-corrected chi connectivity index (χ1v) is 7.26. The Bertz CT molecular complexity index is 659. The zero-order valence-corrected chi connectivity index (χ0v) is 12.7. The lowest BCUT2D eigenvalue weighted by Crippen LogP contribution is -2.27. The van der Waals surface area contributed by atoms with Crippen molar-refractivity contribution < 1.29 is 19.0 Å². The molecule has 0 N–H and O–H groups in total. The van der Waals surface area contributed by atoms with Crippen molar-refractivity contribution in [3.05, 3.63) is 70.7 Å². The molecule has 3 atom stereocenters. The largest absolute Gasteiger partial charge is 0.467 e. The fraction of sp³-hybridized carbons (Fsp3) is 0.235. The van der Waals surface area contributed by atoms with Crippen molar-refractivity contribution in [1.29, 1.82) is 0 Å². The molecule has 0 aromatic heterocycles. The van der Waals surface area contributed by atoms with Gasteiger partial charge in [-0.05, 0) is 6.07 Å². The zero-order chi connectivity index (χ0) is 15.5. The lowest BCUT2D eigenvalue weighted by Gasteiger charge is -2.16. The van der Waals surface area contributed by atoms with E-state index in [1.807, 2.05) is 48.5 Å². The fourth-order valence-corrected chi connectivity index (χ4v) is 2.69. The molecule has 0 radical (unpaired) electrons. The first-order chi connectivity index (χ1) is 10.7. The van der Waals surface area contributed by atoms with Gasteiger partial charge in [0.05, 0.1) is 7.11 Å². The van der Waals surface area contributed by atoms with E-state index in [4.69, 9.17) is 25.8 Å². The van der Waals surface area contributed by atoms with Crippen LogP contribution in [0.3, 0.4) is 0 Å². The molecule has 1 heterocycles. The highest BCUT2D eigenvalue weighted by Gasteiger charge is 2.43. The Morgan fingerprint density at radius 1 is 1.05 bits per heavy atom. The molecule has 2 aromatic rings. The normalized spacial score (nSPS) is 24.2. The molecule has 1 aliphatic heterocycles. The second-order valence-corrected chi connectivity index (χ2v) is 5.31. The van der Waals surface area contributed by atoms with Gasteiger partial charge in [-0.1, -0.05) is 60.1 Å². The van der Waals surface area contributed by atoms with Crippen LogP contribution in [0.25, 0.3) is 0 Å². The summed E-state index contributed by atoms with van der Waals surface area (Å²) in [4.78, 5) is 12.0. The van der Waals surface area contributed by atoms with Crippen molar-refractivity contribution >= 4 is 17.6 Å². The SMILES string of the molecule is COC(=O)[C@H]1O[C@@H](c2ccccc2)O[C@H]1c1ccccc1Cl. The smallest absolute Gasteiger partial charge is 0.338 e. The van der Waals surface area contributed by atoms with Gasteiger partial charge in [0.25, 0.3) is 0 Å². The van der Waals surface area contributed by atoms with Crippen molar-refractivity contribution in [3.8, 4) is 0 Å². The van der Waals surface area contributed by atoms with E-state index in [1.165, 1.54) is 7.11 Å². The zero-order valence-electron chi connectivity index (χ0n) is 11.9. The molecule has 22 heavy (non-hydrogen) atoms. The van der Waals surface area contributed by atoms with Gasteiger partial charge in [-0.25, -0.2) is 4.79 Å². The van der Waals surface area contributed by atoms with E-state index >= 15 is 0 Å². The van der Waals surface area contributed by atoms with Crippen LogP contribution in [-0.4, -0.2) is 19.2 Å². The maximum atomic E-state index is 12.0. The molecule has 3 rings (SSSR count). The van der Waals surface area contributed by atoms with Crippen LogP contribution in [-0.2, 0) is 19.0 Å². The monoisotopic (exact) mass is 318 g/mol. The molecule has 0 spiro atoms. The summed E-state index contributed by atoms with van der Waals surface area (Å²) in [5.41, 5.74) is 1.55. The summed E-state index contributed by atoms with van der Waals surface area (Å²) in [6.07, 6.45) is -2.09. The molecule has 4 nitrogen and oxygen atoms in total. The quantitative estimate of drug-likeness (QED) is 0.810. The van der Waals surface area contributed by atoms with E-state index < -0.39 is 24.5 Å². The van der Waals surface area contributed by atoms with Crippen molar-refractivity contribution in [3.63, 3.8) is 0 Å². The number of methoxy groups -OCH3 is 1. The van der Waals surface area contributed by atoms with Crippen LogP contribution in [0.5, 0.6) is 0 Å². The lowest BCUT2D eigenvalue weighted by atomic mass is 10.0. The molecule has 5 heteroatoms. The Hall–Kier alpha value is -1.88. The molecule has 0 unspecified atom stereocenters. The number of carbonyl (C=O) groups excluding carboxylic acids is 1. The second-order valence-electron chi connectivity index (χ2n) is 4.90. The number of rotatable bonds is 3. The van der Waals surface area contributed by atoms with Crippen molar-refractivity contribution in [2.24, 2.45) is 0 Å². The number of benzene rings is 2. The van der Waals surface area contributed by atoms with Crippen LogP contribution in [0.1, 0.15) is 23.5 Å². The molecular formula is C17H15ClO4. The van der Waals surface area contributed by atoms with E-state index in [0.717, 1.165) is 5.56 Å². The fourth-order valence-electron chi connectivity index (χ4n) is 2.45. The van der Waals surface area contributed by atoms with Gasteiger partial charge in [-0.15, -0.1) is 0 Å². The standard InChI is InChI=1S/C17H15ClO4/c1-20-16(19)15-14(12-9-5-6-10-13(12)18)21-17(22-15)11-7-3-2-4-8-11/h2-10,14-15,17H,1H3/t14-,15-,17-/m0/s1. The maximum Gasteiger partial charge on any atom is 0.338 e. The third-order valence-electron chi connectivity index (χ3n) is 3.53. The predicted octanol–water partition coefficient (Wildman–Crippen LogP) is 3.67. The number of esters is 1. The minimum Gasteiger partial charge on any atom is -0.467 e. The number of hydrogen-bond donors (Lipinski definition) is 0. The molecule has 0 bridgehead atoms. The van der Waals surface area contributed by atoms with Gasteiger partial charge >= 0.3 is 5.97 Å². The van der Waals surface area contributed by atoms with Crippen LogP contribution in [0.15, 0.2) is 54.6 Å². The Morgan fingerprint density at radius 3 is 2.41 bits per heavy atom. The summed E-state index contributed by atoms with van der Waals surface area (Å²) in [7, 11) is 1.32. The summed E-state index contributed by atoms with van der Waals surface area (Å²) >= 11 is 6.22. The third kappa shape index (κ3) is 2.86. The maximum absolute atomic E-state index is 12.0. The molecule has 0 aliphatic carbocycles. The van der Waals surface area contributed by atoms with Crippen molar-refractivity contribution in [1.82, 2.24) is 0 Å². The van der Waals surface area contributed by atoms with E-state index in [2.05, 4.69) is 0 Å². The summed E-state index contributed by atoms with van der Waals surface area (Å²) in [5.74, 6) is -0.483. The molecule has 1 aliphatic rings. The number of carbonyl (C=O) groups is 1. The van der Waals surface area contributed by atoms with Gasteiger partial charge in [0.15, 0.2) is 12.4 Å². The molecule has 0 saturated carbocycles. The van der Waals surface area contributed by atoms with Crippen LogP contribution in [0, 0.1) is 0 Å².